The number of nitrogens with one attached hydrogen (secondary N) is 1. The van der Waals surface area contributed by atoms with Crippen molar-refractivity contribution in [2.45, 2.75) is 39.3 Å². The number of aliphatic hydroxyl groups is 1. The largest absolute Gasteiger partial charge is 0.396 e. The fraction of sp³-hybridized carbons (Fsp3) is 0.429. The van der Waals surface area contributed by atoms with Gasteiger partial charge in [0.1, 0.15) is 0 Å². The summed E-state index contributed by atoms with van der Waals surface area (Å²) in [5, 5.41) is 13.3. The lowest BCUT2D eigenvalue weighted by atomic mass is 9.98. The Labute approximate surface area is 175 Å². The molecule has 2 heterocycles. The number of pyridine rings is 1. The summed E-state index contributed by atoms with van der Waals surface area (Å²) in [7, 11) is 0. The van der Waals surface area contributed by atoms with Gasteiger partial charge in [0.25, 0.3) is 0 Å². The van der Waals surface area contributed by atoms with Crippen LogP contribution in [0.4, 0.5) is 4.79 Å². The molecule has 150 valence electrons. The maximum Gasteiger partial charge on any atom is 0.318 e. The van der Waals surface area contributed by atoms with Crippen molar-refractivity contribution in [3.8, 4) is 0 Å². The van der Waals surface area contributed by atoms with Gasteiger partial charge in [-0.3, -0.25) is 4.98 Å². The number of rotatable bonds is 5. The molecular weight excluding hydrogens is 397 g/mol. The van der Waals surface area contributed by atoms with E-state index in [1.807, 2.05) is 31.0 Å². The standard InChI is InChI=1S/C21H25Cl2N3O2/c1-13(12-27)7-18-8-17-11-26(6-5-16(17)10-24-18)21(28)25-14(2)15-3-4-19(22)20(23)9-15/h3-4,8-10,13-14,27H,5-7,11-12H2,1-2H3,(H,25,28)/t13-,14-/m1/s1. The van der Waals surface area contributed by atoms with E-state index in [1.165, 1.54) is 5.56 Å². The van der Waals surface area contributed by atoms with Crippen LogP contribution in [0.25, 0.3) is 0 Å². The molecule has 0 fully saturated rings. The second-order valence-electron chi connectivity index (χ2n) is 7.45. The van der Waals surface area contributed by atoms with Gasteiger partial charge in [-0.05, 0) is 60.6 Å². The number of amides is 2. The summed E-state index contributed by atoms with van der Waals surface area (Å²) < 4.78 is 0. The van der Waals surface area contributed by atoms with Crippen LogP contribution in [0.3, 0.4) is 0 Å². The van der Waals surface area contributed by atoms with Gasteiger partial charge in [0.2, 0.25) is 0 Å². The van der Waals surface area contributed by atoms with Crippen LogP contribution >= 0.6 is 23.2 Å². The molecule has 2 amide bonds. The number of halogens is 2. The zero-order valence-corrected chi connectivity index (χ0v) is 17.6. The van der Waals surface area contributed by atoms with Gasteiger partial charge in [-0.2, -0.15) is 0 Å². The number of nitrogens with zero attached hydrogens (tertiary/aromatic N) is 2. The monoisotopic (exact) mass is 421 g/mol. The molecule has 1 aromatic heterocycles. The first kappa shape index (κ1) is 20.9. The fourth-order valence-corrected chi connectivity index (χ4v) is 3.64. The van der Waals surface area contributed by atoms with Gasteiger partial charge in [0, 0.05) is 31.6 Å². The third kappa shape index (κ3) is 4.96. The lowest BCUT2D eigenvalue weighted by molar-refractivity contribution is 0.189. The Morgan fingerprint density at radius 1 is 1.25 bits per heavy atom. The summed E-state index contributed by atoms with van der Waals surface area (Å²) in [6.07, 6.45) is 3.42. The Morgan fingerprint density at radius 2 is 2.04 bits per heavy atom. The fourth-order valence-electron chi connectivity index (χ4n) is 3.34. The zero-order chi connectivity index (χ0) is 20.3. The Bertz CT molecular complexity index is 860. The second-order valence-corrected chi connectivity index (χ2v) is 8.27. The van der Waals surface area contributed by atoms with Crippen LogP contribution in [0.5, 0.6) is 0 Å². The molecule has 0 saturated carbocycles. The highest BCUT2D eigenvalue weighted by Gasteiger charge is 2.23. The Balaban J connectivity index is 1.66. The van der Waals surface area contributed by atoms with Crippen LogP contribution in [-0.2, 0) is 19.4 Å². The highest BCUT2D eigenvalue weighted by molar-refractivity contribution is 6.42. The Kier molecular flexibility index (Phi) is 6.81. The number of aliphatic hydroxyl groups excluding tert-OH is 1. The molecule has 1 aliphatic rings. The summed E-state index contributed by atoms with van der Waals surface area (Å²) in [5.41, 5.74) is 4.16. The summed E-state index contributed by atoms with van der Waals surface area (Å²) >= 11 is 12.1. The SMILES string of the molecule is C[C@@H](CO)Cc1cc2c(cn1)CCN(C(=O)N[C@H](C)c1ccc(Cl)c(Cl)c1)C2. The summed E-state index contributed by atoms with van der Waals surface area (Å²) in [4.78, 5) is 19.1. The number of fused-ring (bicyclic) bond motifs is 1. The van der Waals surface area contributed by atoms with E-state index in [0.29, 0.717) is 23.1 Å². The molecule has 5 nitrogen and oxygen atoms in total. The first-order valence-electron chi connectivity index (χ1n) is 9.45. The van der Waals surface area contributed by atoms with E-state index in [0.717, 1.165) is 29.7 Å². The van der Waals surface area contributed by atoms with E-state index in [2.05, 4.69) is 16.4 Å². The van der Waals surface area contributed by atoms with E-state index in [-0.39, 0.29) is 24.6 Å². The van der Waals surface area contributed by atoms with Crippen molar-refractivity contribution in [3.05, 3.63) is 62.9 Å². The molecule has 7 heteroatoms. The molecule has 0 radical (unpaired) electrons. The van der Waals surface area contributed by atoms with E-state index < -0.39 is 0 Å². The molecule has 2 aromatic rings. The normalized spacial score (nSPS) is 15.7. The van der Waals surface area contributed by atoms with E-state index in [9.17, 15) is 9.90 Å². The molecule has 0 bridgehead atoms. The zero-order valence-electron chi connectivity index (χ0n) is 16.1. The van der Waals surface area contributed by atoms with E-state index in [4.69, 9.17) is 23.2 Å². The van der Waals surface area contributed by atoms with Crippen molar-refractivity contribution < 1.29 is 9.90 Å². The van der Waals surface area contributed by atoms with Crippen molar-refractivity contribution in [1.82, 2.24) is 15.2 Å². The molecule has 0 spiro atoms. The predicted molar refractivity (Wildman–Crippen MR) is 112 cm³/mol. The molecule has 3 rings (SSSR count). The first-order valence-corrected chi connectivity index (χ1v) is 10.2. The van der Waals surface area contributed by atoms with Crippen LogP contribution in [0, 0.1) is 5.92 Å². The van der Waals surface area contributed by atoms with Crippen LogP contribution in [0.2, 0.25) is 10.0 Å². The molecular formula is C21H25Cl2N3O2. The quantitative estimate of drug-likeness (QED) is 0.751. The Hall–Kier alpha value is -1.82. The van der Waals surface area contributed by atoms with Crippen molar-refractivity contribution in [3.63, 3.8) is 0 Å². The van der Waals surface area contributed by atoms with Crippen LogP contribution < -0.4 is 5.32 Å². The average Bonchev–Trinajstić information content (AvgIpc) is 2.69. The third-order valence-corrected chi connectivity index (χ3v) is 5.83. The number of hydrogen-bond donors (Lipinski definition) is 2. The predicted octanol–water partition coefficient (Wildman–Crippen LogP) is 4.39. The lowest BCUT2D eigenvalue weighted by Gasteiger charge is -2.30. The average molecular weight is 422 g/mol. The first-order chi connectivity index (χ1) is 13.4. The van der Waals surface area contributed by atoms with E-state index in [1.54, 1.807) is 12.1 Å². The van der Waals surface area contributed by atoms with Gasteiger partial charge in [-0.1, -0.05) is 36.2 Å². The summed E-state index contributed by atoms with van der Waals surface area (Å²) in [5.74, 6) is 0.167. The maximum atomic E-state index is 12.8. The molecule has 28 heavy (non-hydrogen) atoms. The van der Waals surface area contributed by atoms with Crippen LogP contribution in [0.1, 0.15) is 42.3 Å². The van der Waals surface area contributed by atoms with Crippen LogP contribution in [0.15, 0.2) is 30.5 Å². The topological polar surface area (TPSA) is 65.5 Å². The molecule has 0 saturated heterocycles. The third-order valence-electron chi connectivity index (χ3n) is 5.09. The molecule has 2 atom stereocenters. The number of carbonyl (C=O) groups excluding carboxylic acids is 1. The van der Waals surface area contributed by atoms with Crippen molar-refractivity contribution in [2.24, 2.45) is 5.92 Å². The van der Waals surface area contributed by atoms with Gasteiger partial charge in [-0.25, -0.2) is 4.79 Å². The maximum absolute atomic E-state index is 12.8. The van der Waals surface area contributed by atoms with Gasteiger partial charge in [0.05, 0.1) is 16.1 Å². The summed E-state index contributed by atoms with van der Waals surface area (Å²) in [6.45, 7) is 5.26. The number of urea groups is 1. The Morgan fingerprint density at radius 3 is 2.75 bits per heavy atom. The van der Waals surface area contributed by atoms with Gasteiger partial charge >= 0.3 is 6.03 Å². The molecule has 2 N–H and O–H groups in total. The number of carbonyl (C=O) groups is 1. The smallest absolute Gasteiger partial charge is 0.318 e. The molecule has 1 aromatic carbocycles. The molecule has 0 aliphatic carbocycles. The van der Waals surface area contributed by atoms with Crippen molar-refractivity contribution in [2.75, 3.05) is 13.2 Å². The number of aromatic nitrogens is 1. The second kappa shape index (κ2) is 9.12. The number of hydrogen-bond acceptors (Lipinski definition) is 3. The van der Waals surface area contributed by atoms with Crippen molar-refractivity contribution >= 4 is 29.2 Å². The highest BCUT2D eigenvalue weighted by atomic mass is 35.5. The minimum absolute atomic E-state index is 0.105. The lowest BCUT2D eigenvalue weighted by Crippen LogP contribution is -2.43. The van der Waals surface area contributed by atoms with Gasteiger partial charge < -0.3 is 15.3 Å². The minimum Gasteiger partial charge on any atom is -0.396 e. The van der Waals surface area contributed by atoms with Gasteiger partial charge in [-0.15, -0.1) is 0 Å². The van der Waals surface area contributed by atoms with Crippen LogP contribution in [-0.4, -0.2) is 34.2 Å². The van der Waals surface area contributed by atoms with Crippen molar-refractivity contribution in [1.29, 1.82) is 0 Å². The highest BCUT2D eigenvalue weighted by Crippen LogP contribution is 2.26. The van der Waals surface area contributed by atoms with Gasteiger partial charge in [0.15, 0.2) is 0 Å². The van der Waals surface area contributed by atoms with E-state index >= 15 is 0 Å². The molecule has 1 aliphatic heterocycles. The number of benzene rings is 1. The minimum atomic E-state index is -0.179. The summed E-state index contributed by atoms with van der Waals surface area (Å²) in [6, 6.07) is 7.16. The molecule has 0 unspecified atom stereocenters.